The van der Waals surface area contributed by atoms with Gasteiger partial charge >= 0.3 is 0 Å². The van der Waals surface area contributed by atoms with E-state index in [1.165, 1.54) is 12.1 Å². The van der Waals surface area contributed by atoms with Gasteiger partial charge in [-0.3, -0.25) is 0 Å². The SMILES string of the molecule is COc1ccccc1C(N)c1cc(C)cc(F)c1. The summed E-state index contributed by atoms with van der Waals surface area (Å²) >= 11 is 0. The minimum Gasteiger partial charge on any atom is -0.496 e. The number of rotatable bonds is 3. The summed E-state index contributed by atoms with van der Waals surface area (Å²) in [6.45, 7) is 1.85. The third kappa shape index (κ3) is 2.51. The number of nitrogens with two attached hydrogens (primary N) is 1. The van der Waals surface area contributed by atoms with Crippen LogP contribution in [-0.4, -0.2) is 7.11 Å². The highest BCUT2D eigenvalue weighted by atomic mass is 19.1. The van der Waals surface area contributed by atoms with E-state index in [-0.39, 0.29) is 5.82 Å². The topological polar surface area (TPSA) is 35.2 Å². The molecule has 2 aromatic rings. The Morgan fingerprint density at radius 3 is 2.56 bits per heavy atom. The number of methoxy groups -OCH3 is 1. The fourth-order valence-electron chi connectivity index (χ4n) is 2.05. The molecule has 0 aliphatic rings. The molecule has 0 heterocycles. The van der Waals surface area contributed by atoms with Gasteiger partial charge in [-0.1, -0.05) is 24.3 Å². The summed E-state index contributed by atoms with van der Waals surface area (Å²) < 4.78 is 18.7. The molecule has 0 saturated carbocycles. The number of ether oxygens (including phenoxy) is 1. The van der Waals surface area contributed by atoms with E-state index in [1.807, 2.05) is 37.3 Å². The average molecular weight is 245 g/mol. The Balaban J connectivity index is 2.44. The maximum absolute atomic E-state index is 13.4. The van der Waals surface area contributed by atoms with Crippen molar-refractivity contribution in [2.24, 2.45) is 5.73 Å². The summed E-state index contributed by atoms with van der Waals surface area (Å²) in [4.78, 5) is 0. The largest absolute Gasteiger partial charge is 0.496 e. The molecule has 0 aliphatic carbocycles. The monoisotopic (exact) mass is 245 g/mol. The van der Waals surface area contributed by atoms with Gasteiger partial charge in [0.2, 0.25) is 0 Å². The molecule has 18 heavy (non-hydrogen) atoms. The number of benzene rings is 2. The first-order chi connectivity index (χ1) is 8.61. The van der Waals surface area contributed by atoms with Crippen LogP contribution in [0.5, 0.6) is 5.75 Å². The first-order valence-electron chi connectivity index (χ1n) is 5.77. The van der Waals surface area contributed by atoms with Gasteiger partial charge in [-0.2, -0.15) is 0 Å². The van der Waals surface area contributed by atoms with Crippen LogP contribution in [-0.2, 0) is 0 Å². The summed E-state index contributed by atoms with van der Waals surface area (Å²) in [6.07, 6.45) is 0. The number of hydrogen-bond acceptors (Lipinski definition) is 2. The van der Waals surface area contributed by atoms with Crippen molar-refractivity contribution in [3.63, 3.8) is 0 Å². The predicted molar refractivity (Wildman–Crippen MR) is 70.2 cm³/mol. The smallest absolute Gasteiger partial charge is 0.123 e. The van der Waals surface area contributed by atoms with Gasteiger partial charge in [0, 0.05) is 5.56 Å². The lowest BCUT2D eigenvalue weighted by Gasteiger charge is -2.16. The molecular weight excluding hydrogens is 229 g/mol. The molecular formula is C15H16FNO. The minimum absolute atomic E-state index is 0.268. The molecule has 0 bridgehead atoms. The average Bonchev–Trinajstić information content (AvgIpc) is 2.36. The maximum Gasteiger partial charge on any atom is 0.123 e. The zero-order chi connectivity index (χ0) is 13.1. The fourth-order valence-corrected chi connectivity index (χ4v) is 2.05. The second kappa shape index (κ2) is 5.19. The summed E-state index contributed by atoms with van der Waals surface area (Å²) in [5, 5.41) is 0. The van der Waals surface area contributed by atoms with Crippen LogP contribution in [0, 0.1) is 12.7 Å². The summed E-state index contributed by atoms with van der Waals surface area (Å²) in [6, 6.07) is 12.0. The fraction of sp³-hybridized carbons (Fsp3) is 0.200. The van der Waals surface area contributed by atoms with E-state index in [4.69, 9.17) is 10.5 Å². The van der Waals surface area contributed by atoms with Crippen molar-refractivity contribution in [3.05, 3.63) is 65.0 Å². The van der Waals surface area contributed by atoms with Crippen LogP contribution in [0.25, 0.3) is 0 Å². The van der Waals surface area contributed by atoms with Gasteiger partial charge in [0.05, 0.1) is 13.2 Å². The molecule has 3 heteroatoms. The lowest BCUT2D eigenvalue weighted by Crippen LogP contribution is -2.13. The summed E-state index contributed by atoms with van der Waals surface area (Å²) in [5.41, 5.74) is 8.64. The van der Waals surface area contributed by atoms with Crippen LogP contribution in [0.1, 0.15) is 22.7 Å². The lowest BCUT2D eigenvalue weighted by atomic mass is 9.97. The second-order valence-electron chi connectivity index (χ2n) is 4.28. The van der Waals surface area contributed by atoms with Gasteiger partial charge in [0.1, 0.15) is 11.6 Å². The molecule has 0 aromatic heterocycles. The first-order valence-corrected chi connectivity index (χ1v) is 5.77. The molecule has 2 aromatic carbocycles. The Morgan fingerprint density at radius 2 is 1.89 bits per heavy atom. The molecule has 0 aliphatic heterocycles. The molecule has 0 fully saturated rings. The Kier molecular flexibility index (Phi) is 3.63. The van der Waals surface area contributed by atoms with Crippen molar-refractivity contribution in [2.75, 3.05) is 7.11 Å². The van der Waals surface area contributed by atoms with Gasteiger partial charge in [-0.05, 0) is 36.2 Å². The van der Waals surface area contributed by atoms with Crippen molar-refractivity contribution in [1.82, 2.24) is 0 Å². The van der Waals surface area contributed by atoms with E-state index >= 15 is 0 Å². The van der Waals surface area contributed by atoms with Crippen LogP contribution >= 0.6 is 0 Å². The van der Waals surface area contributed by atoms with Crippen LogP contribution in [0.15, 0.2) is 42.5 Å². The molecule has 2 nitrogen and oxygen atoms in total. The van der Waals surface area contributed by atoms with E-state index in [0.29, 0.717) is 5.75 Å². The zero-order valence-corrected chi connectivity index (χ0v) is 10.5. The number of para-hydroxylation sites is 1. The van der Waals surface area contributed by atoms with Crippen LogP contribution < -0.4 is 10.5 Å². The molecule has 0 radical (unpaired) electrons. The van der Waals surface area contributed by atoms with E-state index in [2.05, 4.69) is 0 Å². The number of hydrogen-bond donors (Lipinski definition) is 1. The van der Waals surface area contributed by atoms with Gasteiger partial charge in [0.15, 0.2) is 0 Å². The standard InChI is InChI=1S/C15H16FNO/c1-10-7-11(9-12(16)8-10)15(17)13-5-3-4-6-14(13)18-2/h3-9,15H,17H2,1-2H3. The Hall–Kier alpha value is -1.87. The van der Waals surface area contributed by atoms with Crippen LogP contribution in [0.3, 0.4) is 0 Å². The van der Waals surface area contributed by atoms with Gasteiger partial charge in [-0.15, -0.1) is 0 Å². The quantitative estimate of drug-likeness (QED) is 0.901. The first kappa shape index (κ1) is 12.6. The molecule has 1 atom stereocenters. The molecule has 0 saturated heterocycles. The van der Waals surface area contributed by atoms with Crippen molar-refractivity contribution >= 4 is 0 Å². The normalized spacial score (nSPS) is 12.2. The van der Waals surface area contributed by atoms with Crippen LogP contribution in [0.2, 0.25) is 0 Å². The minimum atomic E-state index is -0.393. The third-order valence-corrected chi connectivity index (χ3v) is 2.90. The molecule has 2 rings (SSSR count). The zero-order valence-electron chi connectivity index (χ0n) is 10.5. The molecule has 0 amide bonds. The van der Waals surface area contributed by atoms with Crippen molar-refractivity contribution in [3.8, 4) is 5.75 Å². The Bertz CT molecular complexity index is 534. The van der Waals surface area contributed by atoms with Crippen molar-refractivity contribution in [2.45, 2.75) is 13.0 Å². The Morgan fingerprint density at radius 1 is 1.17 bits per heavy atom. The van der Waals surface area contributed by atoms with E-state index in [1.54, 1.807) is 7.11 Å². The van der Waals surface area contributed by atoms with Crippen molar-refractivity contribution in [1.29, 1.82) is 0 Å². The van der Waals surface area contributed by atoms with E-state index in [9.17, 15) is 4.39 Å². The lowest BCUT2D eigenvalue weighted by molar-refractivity contribution is 0.408. The van der Waals surface area contributed by atoms with Gasteiger partial charge in [0.25, 0.3) is 0 Å². The van der Waals surface area contributed by atoms with Crippen molar-refractivity contribution < 1.29 is 9.13 Å². The highest BCUT2D eigenvalue weighted by molar-refractivity contribution is 5.42. The number of aryl methyl sites for hydroxylation is 1. The highest BCUT2D eigenvalue weighted by Gasteiger charge is 2.14. The molecule has 0 spiro atoms. The second-order valence-corrected chi connectivity index (χ2v) is 4.28. The third-order valence-electron chi connectivity index (χ3n) is 2.90. The van der Waals surface area contributed by atoms with Gasteiger partial charge < -0.3 is 10.5 Å². The summed E-state index contributed by atoms with van der Waals surface area (Å²) in [5.74, 6) is 0.447. The number of halogens is 1. The van der Waals surface area contributed by atoms with Crippen LogP contribution in [0.4, 0.5) is 4.39 Å². The molecule has 1 unspecified atom stereocenters. The predicted octanol–water partition coefficient (Wildman–Crippen LogP) is 3.19. The molecule has 2 N–H and O–H groups in total. The summed E-state index contributed by atoms with van der Waals surface area (Å²) in [7, 11) is 1.60. The van der Waals surface area contributed by atoms with Gasteiger partial charge in [-0.25, -0.2) is 4.39 Å². The van der Waals surface area contributed by atoms with E-state index in [0.717, 1.165) is 16.7 Å². The maximum atomic E-state index is 13.4. The van der Waals surface area contributed by atoms with E-state index < -0.39 is 6.04 Å². The highest BCUT2D eigenvalue weighted by Crippen LogP contribution is 2.28. The Labute approximate surface area is 106 Å². The molecule has 94 valence electrons.